The molecular weight excluding hydrogens is 320 g/mol. The Kier molecular flexibility index (Phi) is 18.7. The van der Waals surface area contributed by atoms with Crippen LogP contribution >= 0.6 is 0 Å². The number of carbonyl (C=O) groups excluding carboxylic acids is 1. The van der Waals surface area contributed by atoms with E-state index >= 15 is 0 Å². The third-order valence-corrected chi connectivity index (χ3v) is 5.05. The lowest BCUT2D eigenvalue weighted by Crippen LogP contribution is -2.02. The van der Waals surface area contributed by atoms with E-state index in [4.69, 9.17) is 0 Å². The Morgan fingerprint density at radius 3 is 1.35 bits per heavy atom. The summed E-state index contributed by atoms with van der Waals surface area (Å²) in [7, 11) is 0. The van der Waals surface area contributed by atoms with Gasteiger partial charge in [0.05, 0.1) is 6.10 Å². The molecule has 26 heavy (non-hydrogen) atoms. The molecular formula is C24H46O2. The van der Waals surface area contributed by atoms with Gasteiger partial charge in [0.25, 0.3) is 0 Å². The van der Waals surface area contributed by atoms with E-state index in [0.29, 0.717) is 5.78 Å². The fourth-order valence-corrected chi connectivity index (χ4v) is 3.49. The van der Waals surface area contributed by atoms with Crippen molar-refractivity contribution in [3.63, 3.8) is 0 Å². The highest BCUT2D eigenvalue weighted by atomic mass is 16.3. The van der Waals surface area contributed by atoms with Gasteiger partial charge in [0.2, 0.25) is 0 Å². The highest BCUT2D eigenvalue weighted by Gasteiger charge is 2.00. The summed E-state index contributed by atoms with van der Waals surface area (Å²) in [6, 6.07) is 0. The van der Waals surface area contributed by atoms with Crippen LogP contribution in [-0.4, -0.2) is 17.0 Å². The first-order valence-corrected chi connectivity index (χ1v) is 11.3. The molecule has 0 heterocycles. The first-order chi connectivity index (χ1) is 12.5. The number of Topliss-reactive ketones (excluding diaryl/α,β-unsaturated/α-hetero) is 1. The third-order valence-electron chi connectivity index (χ3n) is 5.05. The van der Waals surface area contributed by atoms with E-state index in [1.54, 1.807) is 6.92 Å². The van der Waals surface area contributed by atoms with Gasteiger partial charge in [-0.2, -0.15) is 0 Å². The maximum Gasteiger partial charge on any atom is 0.129 e. The van der Waals surface area contributed by atoms with Crippen LogP contribution < -0.4 is 0 Å². The molecule has 0 aromatic rings. The van der Waals surface area contributed by atoms with Crippen LogP contribution in [0.15, 0.2) is 11.6 Å². The minimum absolute atomic E-state index is 0.236. The third kappa shape index (κ3) is 21.4. The molecule has 0 radical (unpaired) electrons. The Hall–Kier alpha value is -0.630. The van der Waals surface area contributed by atoms with Gasteiger partial charge >= 0.3 is 0 Å². The van der Waals surface area contributed by atoms with Gasteiger partial charge < -0.3 is 9.90 Å². The molecule has 0 aromatic heterocycles. The van der Waals surface area contributed by atoms with Crippen molar-refractivity contribution in [3.8, 4) is 0 Å². The second-order valence-electron chi connectivity index (χ2n) is 8.36. The van der Waals surface area contributed by atoms with Crippen LogP contribution in [0.3, 0.4) is 0 Å². The van der Waals surface area contributed by atoms with Gasteiger partial charge in [-0.1, -0.05) is 102 Å². The molecule has 0 saturated heterocycles. The van der Waals surface area contributed by atoms with Gasteiger partial charge in [-0.25, -0.2) is 0 Å². The van der Waals surface area contributed by atoms with Crippen LogP contribution in [0.2, 0.25) is 0 Å². The summed E-state index contributed by atoms with van der Waals surface area (Å²) in [4.78, 5) is 10.8. The second-order valence-corrected chi connectivity index (χ2v) is 8.36. The standard InChI is InChI=1S/C24H46O2/c1-22(2)21-24(26)20-18-16-14-12-10-8-6-4-5-7-9-11-13-15-17-19-23(3)25/h21,24,26H,4-20H2,1-3H3/t24-/m1/s1. The number of aliphatic hydroxyl groups is 1. The van der Waals surface area contributed by atoms with Crippen molar-refractivity contribution < 1.29 is 9.90 Å². The molecule has 0 unspecified atom stereocenters. The number of hydrogen-bond acceptors (Lipinski definition) is 2. The molecule has 0 amide bonds. The van der Waals surface area contributed by atoms with Gasteiger partial charge in [-0.3, -0.25) is 0 Å². The summed E-state index contributed by atoms with van der Waals surface area (Å²) in [5.41, 5.74) is 1.21. The Balaban J connectivity index is 3.11. The molecule has 2 nitrogen and oxygen atoms in total. The number of rotatable bonds is 19. The van der Waals surface area contributed by atoms with E-state index in [1.165, 1.54) is 89.0 Å². The lowest BCUT2D eigenvalue weighted by Gasteiger charge is -2.06. The average molecular weight is 367 g/mol. The molecule has 1 atom stereocenters. The lowest BCUT2D eigenvalue weighted by molar-refractivity contribution is -0.117. The lowest BCUT2D eigenvalue weighted by atomic mass is 10.0. The molecule has 2 heteroatoms. The van der Waals surface area contributed by atoms with Gasteiger partial charge in [0, 0.05) is 6.42 Å². The highest BCUT2D eigenvalue weighted by Crippen LogP contribution is 2.14. The molecule has 0 aliphatic heterocycles. The van der Waals surface area contributed by atoms with E-state index in [1.807, 2.05) is 19.9 Å². The normalized spacial score (nSPS) is 12.2. The molecule has 0 fully saturated rings. The molecule has 0 aliphatic rings. The largest absolute Gasteiger partial charge is 0.389 e. The second kappa shape index (κ2) is 19.1. The quantitative estimate of drug-likeness (QED) is 0.189. The van der Waals surface area contributed by atoms with E-state index in [0.717, 1.165) is 25.7 Å². The number of carbonyl (C=O) groups is 1. The zero-order valence-electron chi connectivity index (χ0n) is 18.0. The Morgan fingerprint density at radius 2 is 1.00 bits per heavy atom. The summed E-state index contributed by atoms with van der Waals surface area (Å²) in [5.74, 6) is 0.336. The van der Waals surface area contributed by atoms with Crippen molar-refractivity contribution in [3.05, 3.63) is 11.6 Å². The van der Waals surface area contributed by atoms with Crippen LogP contribution in [0, 0.1) is 0 Å². The van der Waals surface area contributed by atoms with E-state index in [9.17, 15) is 9.90 Å². The van der Waals surface area contributed by atoms with Crippen LogP contribution in [0.25, 0.3) is 0 Å². The molecule has 0 aliphatic carbocycles. The van der Waals surface area contributed by atoms with Crippen LogP contribution in [-0.2, 0) is 4.79 Å². The van der Waals surface area contributed by atoms with Crippen LogP contribution in [0.1, 0.15) is 130 Å². The van der Waals surface area contributed by atoms with Crippen molar-refractivity contribution in [2.45, 2.75) is 136 Å². The summed E-state index contributed by atoms with van der Waals surface area (Å²) in [6.45, 7) is 5.78. The van der Waals surface area contributed by atoms with E-state index in [-0.39, 0.29) is 6.10 Å². The van der Waals surface area contributed by atoms with E-state index < -0.39 is 0 Å². The van der Waals surface area contributed by atoms with Gasteiger partial charge in [0.1, 0.15) is 5.78 Å². The highest BCUT2D eigenvalue weighted by molar-refractivity contribution is 5.75. The number of ketones is 1. The van der Waals surface area contributed by atoms with Gasteiger partial charge in [-0.15, -0.1) is 0 Å². The average Bonchev–Trinajstić information content (AvgIpc) is 2.56. The van der Waals surface area contributed by atoms with Crippen LogP contribution in [0.4, 0.5) is 0 Å². The minimum Gasteiger partial charge on any atom is -0.389 e. The maximum absolute atomic E-state index is 10.8. The van der Waals surface area contributed by atoms with Crippen molar-refractivity contribution in [1.82, 2.24) is 0 Å². The number of hydrogen-bond donors (Lipinski definition) is 1. The zero-order valence-corrected chi connectivity index (χ0v) is 18.0. The maximum atomic E-state index is 10.8. The Morgan fingerprint density at radius 1 is 0.654 bits per heavy atom. The first-order valence-electron chi connectivity index (χ1n) is 11.3. The Bertz CT molecular complexity index is 342. The minimum atomic E-state index is -0.236. The molecule has 0 aromatic carbocycles. The Labute approximate surface area is 163 Å². The number of allylic oxidation sites excluding steroid dienone is 1. The fraction of sp³-hybridized carbons (Fsp3) is 0.875. The zero-order chi connectivity index (χ0) is 19.5. The van der Waals surface area contributed by atoms with Crippen LogP contribution in [0.5, 0.6) is 0 Å². The molecule has 0 rings (SSSR count). The van der Waals surface area contributed by atoms with Crippen molar-refractivity contribution >= 4 is 5.78 Å². The predicted molar refractivity (Wildman–Crippen MR) is 115 cm³/mol. The van der Waals surface area contributed by atoms with Gasteiger partial charge in [-0.05, 0) is 33.6 Å². The predicted octanol–water partition coefficient (Wildman–Crippen LogP) is 7.53. The summed E-state index contributed by atoms with van der Waals surface area (Å²) in [6.07, 6.45) is 23.2. The molecule has 1 N–H and O–H groups in total. The first kappa shape index (κ1) is 25.4. The van der Waals surface area contributed by atoms with Crippen molar-refractivity contribution in [2.75, 3.05) is 0 Å². The monoisotopic (exact) mass is 366 g/mol. The van der Waals surface area contributed by atoms with E-state index in [2.05, 4.69) is 0 Å². The smallest absolute Gasteiger partial charge is 0.129 e. The molecule has 0 spiro atoms. The van der Waals surface area contributed by atoms with Gasteiger partial charge in [0.15, 0.2) is 0 Å². The summed E-state index contributed by atoms with van der Waals surface area (Å²) < 4.78 is 0. The SMILES string of the molecule is CC(=O)CCCCCCCCCCCCCCCCC[C@@H](O)C=C(C)C. The molecule has 0 saturated carbocycles. The summed E-state index contributed by atoms with van der Waals surface area (Å²) in [5, 5.41) is 9.77. The molecule has 0 bridgehead atoms. The number of unbranched alkanes of at least 4 members (excludes halogenated alkanes) is 14. The fourth-order valence-electron chi connectivity index (χ4n) is 3.49. The number of aliphatic hydroxyl groups excluding tert-OH is 1. The summed E-state index contributed by atoms with van der Waals surface area (Å²) >= 11 is 0. The molecule has 154 valence electrons. The van der Waals surface area contributed by atoms with Crippen molar-refractivity contribution in [2.24, 2.45) is 0 Å². The van der Waals surface area contributed by atoms with Crippen molar-refractivity contribution in [1.29, 1.82) is 0 Å². The topological polar surface area (TPSA) is 37.3 Å².